The van der Waals surface area contributed by atoms with E-state index >= 15 is 0 Å². The summed E-state index contributed by atoms with van der Waals surface area (Å²) in [6.07, 6.45) is 14.3. The summed E-state index contributed by atoms with van der Waals surface area (Å²) in [4.78, 5) is 14.9. The Morgan fingerprint density at radius 1 is 1.39 bits per heavy atom. The van der Waals surface area contributed by atoms with Crippen LogP contribution in [0.3, 0.4) is 0 Å². The second-order valence-electron chi connectivity index (χ2n) is 6.22. The largest absolute Gasteiger partial charge is 0.332 e. The fourth-order valence-electron chi connectivity index (χ4n) is 5.04. The first-order chi connectivity index (χ1) is 8.78. The number of hydrogen-bond acceptors (Lipinski definition) is 1. The van der Waals surface area contributed by atoms with Gasteiger partial charge in [-0.1, -0.05) is 30.4 Å². The van der Waals surface area contributed by atoms with Crippen molar-refractivity contribution in [3.05, 3.63) is 37.0 Å². The van der Waals surface area contributed by atoms with Crippen LogP contribution in [0.1, 0.15) is 19.3 Å². The minimum Gasteiger partial charge on any atom is -0.332 e. The van der Waals surface area contributed by atoms with Gasteiger partial charge in [-0.3, -0.25) is 4.79 Å². The molecule has 0 unspecified atom stereocenters. The predicted octanol–water partition coefficient (Wildman–Crippen LogP) is 2.54. The molecule has 1 saturated heterocycles. The van der Waals surface area contributed by atoms with E-state index in [2.05, 4.69) is 35.8 Å². The first-order valence-electron chi connectivity index (χ1n) is 7.03. The Morgan fingerprint density at radius 3 is 3.06 bits per heavy atom. The molecule has 0 N–H and O–H groups in total. The minimum atomic E-state index is 0.0441. The molecule has 4 aliphatic rings. The first-order valence-corrected chi connectivity index (χ1v) is 7.03. The van der Waals surface area contributed by atoms with Gasteiger partial charge in [0, 0.05) is 12.5 Å². The Morgan fingerprint density at radius 2 is 2.22 bits per heavy atom. The van der Waals surface area contributed by atoms with Gasteiger partial charge in [-0.25, -0.2) is 0 Å². The number of fused-ring (bicyclic) bond motifs is 7. The van der Waals surface area contributed by atoms with Crippen molar-refractivity contribution in [2.24, 2.45) is 23.7 Å². The summed E-state index contributed by atoms with van der Waals surface area (Å²) in [5, 5.41) is 0. The van der Waals surface area contributed by atoms with Gasteiger partial charge in [0.1, 0.15) is 0 Å². The lowest BCUT2D eigenvalue weighted by atomic mass is 9.70. The van der Waals surface area contributed by atoms with E-state index in [1.165, 1.54) is 6.42 Å². The molecular formula is C16H19NO. The quantitative estimate of drug-likeness (QED) is 0.680. The van der Waals surface area contributed by atoms with Crippen LogP contribution in [0.2, 0.25) is 0 Å². The molecule has 2 bridgehead atoms. The van der Waals surface area contributed by atoms with E-state index in [-0.39, 0.29) is 11.5 Å². The summed E-state index contributed by atoms with van der Waals surface area (Å²) < 4.78 is 0. The van der Waals surface area contributed by atoms with Gasteiger partial charge in [0.15, 0.2) is 0 Å². The van der Waals surface area contributed by atoms with E-state index in [1.807, 2.05) is 6.08 Å². The van der Waals surface area contributed by atoms with Gasteiger partial charge in [0.05, 0.1) is 11.5 Å². The number of amides is 1. The van der Waals surface area contributed by atoms with Crippen molar-refractivity contribution in [2.45, 2.75) is 24.8 Å². The molecule has 0 spiro atoms. The second-order valence-corrected chi connectivity index (χ2v) is 6.22. The molecule has 94 valence electrons. The number of hydrogen-bond donors (Lipinski definition) is 0. The van der Waals surface area contributed by atoms with Crippen LogP contribution in [0.15, 0.2) is 37.0 Å². The second kappa shape index (κ2) is 3.37. The maximum Gasteiger partial charge on any atom is 0.227 e. The number of carbonyl (C=O) groups is 1. The Kier molecular flexibility index (Phi) is 1.98. The fraction of sp³-hybridized carbons (Fsp3) is 0.562. The number of nitrogens with zero attached hydrogens (tertiary/aromatic N) is 1. The molecule has 0 aromatic rings. The molecule has 1 amide bonds. The fourth-order valence-corrected chi connectivity index (χ4v) is 5.04. The van der Waals surface area contributed by atoms with Crippen LogP contribution in [0.4, 0.5) is 0 Å². The van der Waals surface area contributed by atoms with E-state index < -0.39 is 0 Å². The summed E-state index contributed by atoms with van der Waals surface area (Å²) in [7, 11) is 0. The van der Waals surface area contributed by atoms with Crippen molar-refractivity contribution < 1.29 is 4.79 Å². The van der Waals surface area contributed by atoms with Crippen LogP contribution < -0.4 is 0 Å². The van der Waals surface area contributed by atoms with Gasteiger partial charge in [-0.15, -0.1) is 6.58 Å². The van der Waals surface area contributed by atoms with E-state index in [1.54, 1.807) is 0 Å². The Hall–Kier alpha value is -1.31. The predicted molar refractivity (Wildman–Crippen MR) is 70.7 cm³/mol. The topological polar surface area (TPSA) is 20.3 Å². The smallest absolute Gasteiger partial charge is 0.227 e. The van der Waals surface area contributed by atoms with Crippen LogP contribution in [0, 0.1) is 23.7 Å². The lowest BCUT2D eigenvalue weighted by Gasteiger charge is -2.44. The van der Waals surface area contributed by atoms with Gasteiger partial charge < -0.3 is 4.90 Å². The summed E-state index contributed by atoms with van der Waals surface area (Å²) in [5.41, 5.74) is 0.0441. The molecule has 0 aromatic heterocycles. The van der Waals surface area contributed by atoms with Crippen molar-refractivity contribution in [3.8, 4) is 0 Å². The third-order valence-corrected chi connectivity index (χ3v) is 5.59. The standard InChI is InChI=1S/C16H19NO/c1-2-7-16-8-3-4-9-17(16)15(18)13-11-5-6-12(10-11)14(13)16/h2-6,11-14H,1,7-10H2/t11-,12+,13-,14+,16+/m0/s1. The molecule has 0 aromatic carbocycles. The van der Waals surface area contributed by atoms with Crippen molar-refractivity contribution >= 4 is 5.91 Å². The number of rotatable bonds is 2. The average molecular weight is 241 g/mol. The highest BCUT2D eigenvalue weighted by Gasteiger charge is 2.65. The molecule has 4 rings (SSSR count). The van der Waals surface area contributed by atoms with Gasteiger partial charge >= 0.3 is 0 Å². The maximum atomic E-state index is 12.7. The molecule has 18 heavy (non-hydrogen) atoms. The highest BCUT2D eigenvalue weighted by Crippen LogP contribution is 2.61. The molecule has 5 atom stereocenters. The van der Waals surface area contributed by atoms with Crippen molar-refractivity contribution in [1.82, 2.24) is 4.90 Å². The lowest BCUT2D eigenvalue weighted by Crippen LogP contribution is -2.51. The monoisotopic (exact) mass is 241 g/mol. The normalized spacial score (nSPS) is 47.6. The molecule has 2 fully saturated rings. The third-order valence-electron chi connectivity index (χ3n) is 5.59. The SMILES string of the molecule is C=CC[C@]12CC=CCN1C(=O)[C@@H]1[C@H]2[C@@H]2C=C[C@H]1C2. The van der Waals surface area contributed by atoms with Crippen LogP contribution in [-0.4, -0.2) is 22.9 Å². The summed E-state index contributed by atoms with van der Waals surface area (Å²) in [6.45, 7) is 4.74. The first kappa shape index (κ1) is 10.6. The summed E-state index contributed by atoms with van der Waals surface area (Å²) >= 11 is 0. The van der Waals surface area contributed by atoms with Crippen molar-refractivity contribution in [3.63, 3.8) is 0 Å². The summed E-state index contributed by atoms with van der Waals surface area (Å²) in [5.74, 6) is 2.34. The molecule has 2 aliphatic heterocycles. The Balaban J connectivity index is 1.84. The van der Waals surface area contributed by atoms with Crippen LogP contribution >= 0.6 is 0 Å². The lowest BCUT2D eigenvalue weighted by molar-refractivity contribution is -0.134. The average Bonchev–Trinajstić information content (AvgIpc) is 3.03. The molecule has 2 nitrogen and oxygen atoms in total. The van der Waals surface area contributed by atoms with Gasteiger partial charge in [0.2, 0.25) is 5.91 Å². The third kappa shape index (κ3) is 1.03. The molecule has 0 radical (unpaired) electrons. The van der Waals surface area contributed by atoms with Crippen LogP contribution in [0.25, 0.3) is 0 Å². The molecular weight excluding hydrogens is 222 g/mol. The highest BCUT2D eigenvalue weighted by molar-refractivity contribution is 5.85. The van der Waals surface area contributed by atoms with E-state index in [0.29, 0.717) is 23.7 Å². The summed E-state index contributed by atoms with van der Waals surface area (Å²) in [6, 6.07) is 0. The molecule has 2 heterocycles. The van der Waals surface area contributed by atoms with Gasteiger partial charge in [-0.05, 0) is 31.1 Å². The van der Waals surface area contributed by atoms with E-state index in [9.17, 15) is 4.79 Å². The number of carbonyl (C=O) groups excluding carboxylic acids is 1. The van der Waals surface area contributed by atoms with Crippen LogP contribution in [0.5, 0.6) is 0 Å². The van der Waals surface area contributed by atoms with Crippen molar-refractivity contribution in [1.29, 1.82) is 0 Å². The molecule has 1 saturated carbocycles. The van der Waals surface area contributed by atoms with Crippen molar-refractivity contribution in [2.75, 3.05) is 6.54 Å². The van der Waals surface area contributed by atoms with E-state index in [4.69, 9.17) is 0 Å². The van der Waals surface area contributed by atoms with Crippen LogP contribution in [-0.2, 0) is 4.79 Å². The molecule has 2 heteroatoms. The Labute approximate surface area is 108 Å². The zero-order valence-electron chi connectivity index (χ0n) is 10.6. The zero-order valence-corrected chi connectivity index (χ0v) is 10.6. The Bertz CT molecular complexity index is 477. The van der Waals surface area contributed by atoms with Gasteiger partial charge in [0.25, 0.3) is 0 Å². The zero-order chi connectivity index (χ0) is 12.3. The minimum absolute atomic E-state index is 0.0441. The van der Waals surface area contributed by atoms with E-state index in [0.717, 1.165) is 19.4 Å². The molecule has 2 aliphatic carbocycles. The maximum absolute atomic E-state index is 12.7. The highest BCUT2D eigenvalue weighted by atomic mass is 16.2. The van der Waals surface area contributed by atoms with Gasteiger partial charge in [-0.2, -0.15) is 0 Å². The number of allylic oxidation sites excluding steroid dienone is 2.